The van der Waals surface area contributed by atoms with Gasteiger partial charge in [0.15, 0.2) is 11.5 Å². The van der Waals surface area contributed by atoms with Crippen molar-refractivity contribution < 1.29 is 22.7 Å². The van der Waals surface area contributed by atoms with Crippen molar-refractivity contribution in [2.24, 2.45) is 10.2 Å². The Bertz CT molecular complexity index is 1170. The Kier molecular flexibility index (Phi) is 6.68. The zero-order valence-corrected chi connectivity index (χ0v) is 18.8. The first-order valence-electron chi connectivity index (χ1n) is 9.49. The number of halogens is 1. The predicted octanol–water partition coefficient (Wildman–Crippen LogP) is 3.59. The van der Waals surface area contributed by atoms with Crippen LogP contribution >= 0.6 is 11.6 Å². The average molecular weight is 464 g/mol. The summed E-state index contributed by atoms with van der Waals surface area (Å²) in [6, 6.07) is 9.02. The molecule has 0 saturated carbocycles. The molecule has 10 heteroatoms. The van der Waals surface area contributed by atoms with Crippen molar-refractivity contribution >= 4 is 45.0 Å². The minimum Gasteiger partial charge on any atom is -0.490 e. The molecule has 2 aromatic rings. The molecular formula is C21H22ClN3O5S. The number of hydrogen-bond acceptors (Lipinski definition) is 6. The third-order valence-electron chi connectivity index (χ3n) is 4.40. The molecule has 31 heavy (non-hydrogen) atoms. The highest BCUT2D eigenvalue weighted by atomic mass is 35.5. The van der Waals surface area contributed by atoms with E-state index in [1.165, 1.54) is 29.3 Å². The van der Waals surface area contributed by atoms with E-state index in [-0.39, 0.29) is 10.8 Å². The zero-order valence-electron chi connectivity index (χ0n) is 17.3. The number of nitrogens with two attached hydrogens (primary N) is 1. The normalized spacial score (nSPS) is 15.4. The van der Waals surface area contributed by atoms with Crippen molar-refractivity contribution in [2.45, 2.75) is 25.7 Å². The molecule has 2 N–H and O–H groups in total. The number of amides is 1. The summed E-state index contributed by atoms with van der Waals surface area (Å²) < 4.78 is 34.1. The van der Waals surface area contributed by atoms with Crippen LogP contribution in [0.1, 0.15) is 26.3 Å². The van der Waals surface area contributed by atoms with E-state index in [2.05, 4.69) is 5.10 Å². The van der Waals surface area contributed by atoms with E-state index in [9.17, 15) is 13.2 Å². The van der Waals surface area contributed by atoms with E-state index < -0.39 is 10.0 Å². The lowest BCUT2D eigenvalue weighted by Gasteiger charge is -2.14. The second-order valence-electron chi connectivity index (χ2n) is 6.60. The molecule has 0 aromatic heterocycles. The second kappa shape index (κ2) is 9.09. The topological polar surface area (TPSA) is 111 Å². The summed E-state index contributed by atoms with van der Waals surface area (Å²) in [7, 11) is -3.82. The van der Waals surface area contributed by atoms with Gasteiger partial charge in [-0.2, -0.15) is 10.1 Å². The van der Waals surface area contributed by atoms with Gasteiger partial charge in [-0.3, -0.25) is 4.79 Å². The average Bonchev–Trinajstić information content (AvgIpc) is 2.98. The van der Waals surface area contributed by atoms with Gasteiger partial charge in [-0.1, -0.05) is 11.6 Å². The standard InChI is InChI=1S/C21H22ClN3O5S/c1-4-29-19-12-14(11-18(22)20(19)30-5-2)10-17-13(3)24-25(21(17)26)15-6-8-16(9-7-15)31(23,27)28/h6-12H,4-5H2,1-3H3,(H2,23,27,28). The van der Waals surface area contributed by atoms with E-state index in [1.54, 1.807) is 25.1 Å². The van der Waals surface area contributed by atoms with Gasteiger partial charge < -0.3 is 9.47 Å². The molecule has 2 aromatic carbocycles. The molecule has 3 rings (SSSR count). The Morgan fingerprint density at radius 3 is 2.35 bits per heavy atom. The third-order valence-corrected chi connectivity index (χ3v) is 5.61. The quantitative estimate of drug-likeness (QED) is 0.630. The lowest BCUT2D eigenvalue weighted by Crippen LogP contribution is -2.21. The van der Waals surface area contributed by atoms with Gasteiger partial charge in [-0.05, 0) is 68.8 Å². The Hall–Kier alpha value is -2.88. The summed E-state index contributed by atoms with van der Waals surface area (Å²) in [5.41, 5.74) is 1.95. The molecule has 0 radical (unpaired) electrons. The van der Waals surface area contributed by atoms with Gasteiger partial charge in [0.25, 0.3) is 5.91 Å². The first-order chi connectivity index (χ1) is 14.7. The summed E-state index contributed by atoms with van der Waals surface area (Å²) in [5.74, 6) is 0.580. The molecular weight excluding hydrogens is 442 g/mol. The molecule has 0 spiro atoms. The van der Waals surface area contributed by atoms with Crippen molar-refractivity contribution in [1.82, 2.24) is 0 Å². The van der Waals surface area contributed by atoms with Crippen molar-refractivity contribution in [3.8, 4) is 11.5 Å². The first-order valence-corrected chi connectivity index (χ1v) is 11.4. The van der Waals surface area contributed by atoms with Crippen molar-refractivity contribution in [3.63, 3.8) is 0 Å². The number of hydrogen-bond donors (Lipinski definition) is 1. The summed E-state index contributed by atoms with van der Waals surface area (Å²) in [5, 5.41) is 11.0. The maximum atomic E-state index is 13.0. The number of carbonyl (C=O) groups excluding carboxylic acids is 1. The van der Waals surface area contributed by atoms with Crippen LogP contribution in [0.4, 0.5) is 5.69 Å². The lowest BCUT2D eigenvalue weighted by atomic mass is 10.1. The van der Waals surface area contributed by atoms with Gasteiger partial charge >= 0.3 is 0 Å². The SMILES string of the molecule is CCOc1cc(C=C2C(=O)N(c3ccc(S(N)(=O)=O)cc3)N=C2C)cc(Cl)c1OCC. The molecule has 0 atom stereocenters. The monoisotopic (exact) mass is 463 g/mol. The Labute approximate surface area is 185 Å². The van der Waals surface area contributed by atoms with Crippen molar-refractivity contribution in [3.05, 3.63) is 52.6 Å². The molecule has 0 unspecified atom stereocenters. The van der Waals surface area contributed by atoms with Gasteiger partial charge in [0.2, 0.25) is 10.0 Å². The maximum absolute atomic E-state index is 13.0. The van der Waals surface area contributed by atoms with Gasteiger partial charge in [0.1, 0.15) is 0 Å². The van der Waals surface area contributed by atoms with Gasteiger partial charge in [-0.15, -0.1) is 0 Å². The van der Waals surface area contributed by atoms with E-state index in [1.807, 2.05) is 13.8 Å². The number of anilines is 1. The fraction of sp³-hybridized carbons (Fsp3) is 0.238. The maximum Gasteiger partial charge on any atom is 0.280 e. The number of primary sulfonamides is 1. The van der Waals surface area contributed by atoms with E-state index in [0.717, 1.165) is 0 Å². The van der Waals surface area contributed by atoms with Crippen LogP contribution in [0.5, 0.6) is 11.5 Å². The molecule has 1 aliphatic rings. The number of benzene rings is 2. The highest BCUT2D eigenvalue weighted by molar-refractivity contribution is 7.89. The molecule has 1 heterocycles. The molecule has 164 valence electrons. The van der Waals surface area contributed by atoms with E-state index in [4.69, 9.17) is 26.2 Å². The predicted molar refractivity (Wildman–Crippen MR) is 120 cm³/mol. The third kappa shape index (κ3) is 4.90. The van der Waals surface area contributed by atoms with Crippen LogP contribution < -0.4 is 19.6 Å². The number of nitrogens with zero attached hydrogens (tertiary/aromatic N) is 2. The summed E-state index contributed by atoms with van der Waals surface area (Å²) >= 11 is 6.36. The van der Waals surface area contributed by atoms with Crippen LogP contribution in [-0.4, -0.2) is 33.3 Å². The highest BCUT2D eigenvalue weighted by Gasteiger charge is 2.29. The zero-order chi connectivity index (χ0) is 22.8. The molecule has 0 bridgehead atoms. The van der Waals surface area contributed by atoms with E-state index in [0.29, 0.717) is 52.3 Å². The number of ether oxygens (including phenoxy) is 2. The number of rotatable bonds is 7. The van der Waals surface area contributed by atoms with Crippen LogP contribution in [0.15, 0.2) is 52.0 Å². The molecule has 8 nitrogen and oxygen atoms in total. The Balaban J connectivity index is 1.94. The molecule has 1 aliphatic heterocycles. The summed E-state index contributed by atoms with van der Waals surface area (Å²) in [6.45, 7) is 6.28. The van der Waals surface area contributed by atoms with Crippen LogP contribution in [0.25, 0.3) is 6.08 Å². The summed E-state index contributed by atoms with van der Waals surface area (Å²) in [4.78, 5) is 12.9. The largest absolute Gasteiger partial charge is 0.490 e. The van der Waals surface area contributed by atoms with Gasteiger partial charge in [-0.25, -0.2) is 13.6 Å². The van der Waals surface area contributed by atoms with Crippen LogP contribution in [0.2, 0.25) is 5.02 Å². The second-order valence-corrected chi connectivity index (χ2v) is 8.56. The van der Waals surface area contributed by atoms with E-state index >= 15 is 0 Å². The fourth-order valence-corrected chi connectivity index (χ4v) is 3.81. The molecule has 0 saturated heterocycles. The van der Waals surface area contributed by atoms with Gasteiger partial charge in [0.05, 0.1) is 40.1 Å². The molecule has 0 aliphatic carbocycles. The first kappa shape index (κ1) is 22.8. The van der Waals surface area contributed by atoms with Crippen molar-refractivity contribution in [2.75, 3.05) is 18.2 Å². The summed E-state index contributed by atoms with van der Waals surface area (Å²) in [6.07, 6.45) is 1.67. The Morgan fingerprint density at radius 1 is 1.13 bits per heavy atom. The number of hydrazone groups is 1. The molecule has 1 amide bonds. The lowest BCUT2D eigenvalue weighted by molar-refractivity contribution is -0.114. The van der Waals surface area contributed by atoms with Crippen molar-refractivity contribution in [1.29, 1.82) is 0 Å². The minimum atomic E-state index is -3.82. The van der Waals surface area contributed by atoms with Crippen LogP contribution in [0.3, 0.4) is 0 Å². The van der Waals surface area contributed by atoms with Crippen LogP contribution in [0, 0.1) is 0 Å². The van der Waals surface area contributed by atoms with Crippen LogP contribution in [-0.2, 0) is 14.8 Å². The van der Waals surface area contributed by atoms with Gasteiger partial charge in [0, 0.05) is 0 Å². The fourth-order valence-electron chi connectivity index (χ4n) is 3.02. The Morgan fingerprint density at radius 2 is 1.77 bits per heavy atom. The number of sulfonamides is 1. The highest BCUT2D eigenvalue weighted by Crippen LogP contribution is 2.37. The smallest absolute Gasteiger partial charge is 0.280 e. The number of carbonyl (C=O) groups is 1. The molecule has 0 fully saturated rings. The minimum absolute atomic E-state index is 0.0492.